The van der Waals surface area contributed by atoms with Gasteiger partial charge in [0.25, 0.3) is 0 Å². The van der Waals surface area contributed by atoms with Crippen LogP contribution in [-0.2, 0) is 9.53 Å². The van der Waals surface area contributed by atoms with Gasteiger partial charge in [-0.05, 0) is 12.1 Å². The van der Waals surface area contributed by atoms with Crippen LogP contribution >= 0.6 is 24.2 Å². The summed E-state index contributed by atoms with van der Waals surface area (Å²) >= 11 is 1.76. The maximum absolute atomic E-state index is 11.5. The molecule has 0 radical (unpaired) electrons. The van der Waals surface area contributed by atoms with Gasteiger partial charge in [0.05, 0.1) is 13.2 Å². The van der Waals surface area contributed by atoms with E-state index in [0.29, 0.717) is 31.5 Å². The fourth-order valence-corrected chi connectivity index (χ4v) is 2.41. The minimum Gasteiger partial charge on any atom is -0.383 e. The molecule has 20 heavy (non-hydrogen) atoms. The average Bonchev–Trinajstić information content (AvgIpc) is 2.42. The van der Waals surface area contributed by atoms with Gasteiger partial charge in [0.1, 0.15) is 0 Å². The second-order valence-corrected chi connectivity index (χ2v) is 5.73. The molecule has 0 heterocycles. The lowest BCUT2D eigenvalue weighted by atomic mass is 10.4. The van der Waals surface area contributed by atoms with Crippen LogP contribution in [0.1, 0.15) is 6.92 Å². The van der Waals surface area contributed by atoms with E-state index >= 15 is 0 Å². The molecule has 1 unspecified atom stereocenters. The molecule has 0 saturated heterocycles. The Morgan fingerprint density at radius 3 is 2.70 bits per heavy atom. The number of carbonyl (C=O) groups is 1. The van der Waals surface area contributed by atoms with Crippen LogP contribution in [0.15, 0.2) is 35.2 Å². The van der Waals surface area contributed by atoms with Crippen LogP contribution in [-0.4, -0.2) is 44.5 Å². The highest BCUT2D eigenvalue weighted by molar-refractivity contribution is 8.00. The molecular weight excluding hydrogens is 296 g/mol. The summed E-state index contributed by atoms with van der Waals surface area (Å²) in [6.45, 7) is 4.43. The number of methoxy groups -OCH3 is 1. The first-order chi connectivity index (χ1) is 9.22. The topological polar surface area (TPSA) is 50.4 Å². The quantitative estimate of drug-likeness (QED) is 0.540. The zero-order chi connectivity index (χ0) is 13.9. The number of ether oxygens (including phenoxy) is 1. The molecule has 1 aromatic rings. The van der Waals surface area contributed by atoms with E-state index in [1.807, 2.05) is 18.2 Å². The number of carbonyl (C=O) groups excluding carboxylic acids is 1. The van der Waals surface area contributed by atoms with Crippen molar-refractivity contribution in [3.63, 3.8) is 0 Å². The predicted molar refractivity (Wildman–Crippen MR) is 86.8 cm³/mol. The van der Waals surface area contributed by atoms with Crippen molar-refractivity contribution >= 4 is 30.1 Å². The van der Waals surface area contributed by atoms with E-state index in [2.05, 4.69) is 29.7 Å². The fourth-order valence-electron chi connectivity index (χ4n) is 1.47. The molecule has 0 aromatic heterocycles. The van der Waals surface area contributed by atoms with Crippen molar-refractivity contribution in [2.45, 2.75) is 17.1 Å². The molecule has 0 aliphatic heterocycles. The van der Waals surface area contributed by atoms with E-state index in [4.69, 9.17) is 4.74 Å². The Labute approximate surface area is 131 Å². The molecular formula is C14H23ClN2O2S. The zero-order valence-electron chi connectivity index (χ0n) is 11.9. The van der Waals surface area contributed by atoms with E-state index in [1.165, 1.54) is 4.90 Å². The minimum absolute atomic E-state index is 0. The highest BCUT2D eigenvalue weighted by Crippen LogP contribution is 2.21. The third-order valence-electron chi connectivity index (χ3n) is 2.44. The third-order valence-corrected chi connectivity index (χ3v) is 3.55. The summed E-state index contributed by atoms with van der Waals surface area (Å²) in [6, 6.07) is 10.2. The molecule has 1 aromatic carbocycles. The van der Waals surface area contributed by atoms with Gasteiger partial charge in [0.2, 0.25) is 5.91 Å². The van der Waals surface area contributed by atoms with Crippen LogP contribution in [0.25, 0.3) is 0 Å². The number of halogens is 1. The first kappa shape index (κ1) is 19.2. The summed E-state index contributed by atoms with van der Waals surface area (Å²) in [6.07, 6.45) is 0. The van der Waals surface area contributed by atoms with Crippen molar-refractivity contribution < 1.29 is 9.53 Å². The van der Waals surface area contributed by atoms with Gasteiger partial charge < -0.3 is 15.4 Å². The summed E-state index contributed by atoms with van der Waals surface area (Å²) in [5, 5.41) is 6.28. The molecule has 0 saturated carbocycles. The SMILES string of the molecule is COCCNCC(=O)NCC(C)Sc1ccccc1.Cl. The summed E-state index contributed by atoms with van der Waals surface area (Å²) < 4.78 is 4.89. The van der Waals surface area contributed by atoms with Gasteiger partial charge in [0, 0.05) is 30.3 Å². The minimum atomic E-state index is 0. The van der Waals surface area contributed by atoms with Crippen LogP contribution in [0.5, 0.6) is 0 Å². The van der Waals surface area contributed by atoms with E-state index in [1.54, 1.807) is 18.9 Å². The van der Waals surface area contributed by atoms with Gasteiger partial charge in [-0.15, -0.1) is 24.2 Å². The van der Waals surface area contributed by atoms with Crippen molar-refractivity contribution in [3.05, 3.63) is 30.3 Å². The second kappa shape index (κ2) is 12.0. The van der Waals surface area contributed by atoms with Crippen LogP contribution in [0, 0.1) is 0 Å². The molecule has 4 nitrogen and oxygen atoms in total. The van der Waals surface area contributed by atoms with Crippen molar-refractivity contribution in [2.75, 3.05) is 33.4 Å². The van der Waals surface area contributed by atoms with E-state index in [0.717, 1.165) is 0 Å². The summed E-state index contributed by atoms with van der Waals surface area (Å²) in [5.74, 6) is 0.0246. The van der Waals surface area contributed by atoms with Crippen molar-refractivity contribution in [1.82, 2.24) is 10.6 Å². The molecule has 0 fully saturated rings. The third kappa shape index (κ3) is 9.20. The monoisotopic (exact) mass is 318 g/mol. The Kier molecular flexibility index (Phi) is 11.6. The van der Waals surface area contributed by atoms with Gasteiger partial charge in [0.15, 0.2) is 0 Å². The molecule has 6 heteroatoms. The average molecular weight is 319 g/mol. The lowest BCUT2D eigenvalue weighted by Gasteiger charge is -2.12. The zero-order valence-corrected chi connectivity index (χ0v) is 13.6. The number of rotatable bonds is 9. The molecule has 2 N–H and O–H groups in total. The molecule has 0 aliphatic carbocycles. The molecule has 1 rings (SSSR count). The number of amides is 1. The van der Waals surface area contributed by atoms with E-state index in [9.17, 15) is 4.79 Å². The smallest absolute Gasteiger partial charge is 0.233 e. The highest BCUT2D eigenvalue weighted by Gasteiger charge is 2.06. The number of hydrogen-bond acceptors (Lipinski definition) is 4. The van der Waals surface area contributed by atoms with Crippen LogP contribution in [0.3, 0.4) is 0 Å². The highest BCUT2D eigenvalue weighted by atomic mass is 35.5. The fraction of sp³-hybridized carbons (Fsp3) is 0.500. The maximum atomic E-state index is 11.5. The van der Waals surface area contributed by atoms with Crippen molar-refractivity contribution in [1.29, 1.82) is 0 Å². The van der Waals surface area contributed by atoms with Crippen LogP contribution in [0.4, 0.5) is 0 Å². The molecule has 114 valence electrons. The van der Waals surface area contributed by atoms with Crippen molar-refractivity contribution in [3.8, 4) is 0 Å². The standard InChI is InChI=1S/C14H22N2O2S.ClH/c1-12(19-13-6-4-3-5-7-13)10-16-14(17)11-15-8-9-18-2;/h3-7,12,15H,8-11H2,1-2H3,(H,16,17);1H. The van der Waals surface area contributed by atoms with E-state index in [-0.39, 0.29) is 18.3 Å². The molecule has 0 spiro atoms. The summed E-state index contributed by atoms with van der Waals surface area (Å²) in [7, 11) is 1.64. The van der Waals surface area contributed by atoms with Crippen LogP contribution in [0.2, 0.25) is 0 Å². The normalized spacial score (nSPS) is 11.5. The number of benzene rings is 1. The second-order valence-electron chi connectivity index (χ2n) is 4.22. The molecule has 1 atom stereocenters. The number of hydrogen-bond donors (Lipinski definition) is 2. The molecule has 0 bridgehead atoms. The lowest BCUT2D eigenvalue weighted by molar-refractivity contribution is -0.120. The maximum Gasteiger partial charge on any atom is 0.233 e. The largest absolute Gasteiger partial charge is 0.383 e. The Bertz CT molecular complexity index is 365. The first-order valence-electron chi connectivity index (χ1n) is 6.40. The summed E-state index contributed by atoms with van der Waals surface area (Å²) in [5.41, 5.74) is 0. The number of nitrogens with one attached hydrogen (secondary N) is 2. The van der Waals surface area contributed by atoms with Gasteiger partial charge in [-0.3, -0.25) is 4.79 Å². The number of thioether (sulfide) groups is 1. The Hall–Kier alpha value is -0.750. The Balaban J connectivity index is 0.00000361. The van der Waals surface area contributed by atoms with Crippen molar-refractivity contribution in [2.24, 2.45) is 0 Å². The van der Waals surface area contributed by atoms with Gasteiger partial charge in [-0.25, -0.2) is 0 Å². The van der Waals surface area contributed by atoms with Gasteiger partial charge >= 0.3 is 0 Å². The Morgan fingerprint density at radius 2 is 2.05 bits per heavy atom. The molecule has 0 aliphatic rings. The van der Waals surface area contributed by atoms with E-state index < -0.39 is 0 Å². The van der Waals surface area contributed by atoms with Crippen LogP contribution < -0.4 is 10.6 Å². The predicted octanol–water partition coefficient (Wildman–Crippen LogP) is 1.94. The summed E-state index contributed by atoms with van der Waals surface area (Å²) in [4.78, 5) is 12.8. The Morgan fingerprint density at radius 1 is 1.35 bits per heavy atom. The molecule has 1 amide bonds. The van der Waals surface area contributed by atoms with Gasteiger partial charge in [-0.2, -0.15) is 0 Å². The van der Waals surface area contributed by atoms with Gasteiger partial charge in [-0.1, -0.05) is 25.1 Å². The lowest BCUT2D eigenvalue weighted by Crippen LogP contribution is -2.37. The first-order valence-corrected chi connectivity index (χ1v) is 7.28.